The number of H-pyrrole nitrogens is 1. The number of aliphatic hydroxyl groups excluding tert-OH is 1. The summed E-state index contributed by atoms with van der Waals surface area (Å²) in [5.74, 6) is -1.51. The number of nitrogens with zero attached hydrogens (tertiary/aromatic N) is 3. The summed E-state index contributed by atoms with van der Waals surface area (Å²) in [4.78, 5) is 46.0. The zero-order chi connectivity index (χ0) is 23.4. The molecule has 3 amide bonds. The van der Waals surface area contributed by atoms with E-state index in [0.717, 1.165) is 6.07 Å². The quantitative estimate of drug-likeness (QED) is 0.569. The number of morpholine rings is 1. The number of aromatic nitrogens is 2. The zero-order valence-electron chi connectivity index (χ0n) is 17.4. The van der Waals surface area contributed by atoms with Crippen LogP contribution in [0.4, 0.5) is 20.6 Å². The van der Waals surface area contributed by atoms with E-state index in [9.17, 15) is 23.9 Å². The van der Waals surface area contributed by atoms with E-state index in [1.807, 2.05) is 0 Å². The average molecular weight is 459 g/mol. The van der Waals surface area contributed by atoms with Gasteiger partial charge in [0.15, 0.2) is 6.23 Å². The first-order chi connectivity index (χ1) is 15.9. The number of aliphatic hydroxyl groups is 1. The van der Waals surface area contributed by atoms with Crippen molar-refractivity contribution in [2.75, 3.05) is 36.5 Å². The molecular weight excluding hydrogens is 437 g/mol. The lowest BCUT2D eigenvalue weighted by molar-refractivity contribution is -0.132. The molecule has 2 aliphatic heterocycles. The Labute approximate surface area is 187 Å². The SMILES string of the molecule is O=C(Nc1ccc(N2CCOCC2=O)cc1F)O[C@@H]1C[C@@H](O)CN1C(=O)/C=C/c1cnc[nH]1. The molecule has 1 aromatic heterocycles. The van der Waals surface area contributed by atoms with Crippen molar-refractivity contribution in [3.8, 4) is 0 Å². The minimum absolute atomic E-state index is 0.0132. The molecule has 2 aliphatic rings. The smallest absolute Gasteiger partial charge is 0.413 e. The molecule has 2 atom stereocenters. The fourth-order valence-corrected chi connectivity index (χ4v) is 3.56. The number of aromatic amines is 1. The van der Waals surface area contributed by atoms with E-state index in [1.54, 1.807) is 0 Å². The lowest BCUT2D eigenvalue weighted by Gasteiger charge is -2.27. The molecule has 0 spiro atoms. The number of carbonyl (C=O) groups is 3. The third kappa shape index (κ3) is 5.35. The molecule has 0 aliphatic carbocycles. The van der Waals surface area contributed by atoms with Gasteiger partial charge in [0.2, 0.25) is 5.91 Å². The number of hydrogen-bond acceptors (Lipinski definition) is 7. The molecule has 2 fully saturated rings. The van der Waals surface area contributed by atoms with E-state index >= 15 is 0 Å². The van der Waals surface area contributed by atoms with Crippen LogP contribution < -0.4 is 10.2 Å². The topological polar surface area (TPSA) is 137 Å². The average Bonchev–Trinajstić information content (AvgIpc) is 3.43. The number of rotatable bonds is 5. The predicted octanol–water partition coefficient (Wildman–Crippen LogP) is 1.09. The van der Waals surface area contributed by atoms with Crippen molar-refractivity contribution in [2.24, 2.45) is 0 Å². The third-order valence-electron chi connectivity index (χ3n) is 5.17. The van der Waals surface area contributed by atoms with Gasteiger partial charge in [0, 0.05) is 24.7 Å². The zero-order valence-corrected chi connectivity index (χ0v) is 17.4. The van der Waals surface area contributed by atoms with Crippen molar-refractivity contribution >= 4 is 35.4 Å². The molecule has 1 aromatic carbocycles. The van der Waals surface area contributed by atoms with Gasteiger partial charge in [0.1, 0.15) is 12.4 Å². The van der Waals surface area contributed by atoms with Crippen LogP contribution in [0.15, 0.2) is 36.8 Å². The van der Waals surface area contributed by atoms with Gasteiger partial charge in [-0.3, -0.25) is 14.9 Å². The Bertz CT molecular complexity index is 1060. The summed E-state index contributed by atoms with van der Waals surface area (Å²) >= 11 is 0. The molecule has 0 unspecified atom stereocenters. The highest BCUT2D eigenvalue weighted by molar-refractivity contribution is 5.95. The number of halogens is 1. The Morgan fingerprint density at radius 3 is 2.97 bits per heavy atom. The Hall–Kier alpha value is -3.77. The van der Waals surface area contributed by atoms with Gasteiger partial charge in [-0.15, -0.1) is 0 Å². The molecule has 12 heteroatoms. The van der Waals surface area contributed by atoms with Crippen molar-refractivity contribution in [3.63, 3.8) is 0 Å². The number of amides is 3. The van der Waals surface area contributed by atoms with Crippen molar-refractivity contribution in [1.82, 2.24) is 14.9 Å². The molecule has 3 N–H and O–H groups in total. The molecule has 0 saturated carbocycles. The molecule has 0 radical (unpaired) electrons. The molecule has 2 aromatic rings. The molecule has 11 nitrogen and oxygen atoms in total. The molecule has 33 heavy (non-hydrogen) atoms. The van der Waals surface area contributed by atoms with Crippen LogP contribution in [0.3, 0.4) is 0 Å². The Kier molecular flexibility index (Phi) is 6.66. The lowest BCUT2D eigenvalue weighted by Crippen LogP contribution is -2.41. The van der Waals surface area contributed by atoms with E-state index in [0.29, 0.717) is 24.5 Å². The van der Waals surface area contributed by atoms with Gasteiger partial charge in [-0.2, -0.15) is 0 Å². The highest BCUT2D eigenvalue weighted by Crippen LogP contribution is 2.25. The lowest BCUT2D eigenvalue weighted by atomic mass is 10.2. The van der Waals surface area contributed by atoms with Crippen molar-refractivity contribution in [1.29, 1.82) is 0 Å². The van der Waals surface area contributed by atoms with E-state index in [1.165, 1.54) is 46.6 Å². The fourth-order valence-electron chi connectivity index (χ4n) is 3.56. The van der Waals surface area contributed by atoms with Gasteiger partial charge in [-0.25, -0.2) is 14.2 Å². The summed E-state index contributed by atoms with van der Waals surface area (Å²) in [7, 11) is 0. The number of imidazole rings is 1. The summed E-state index contributed by atoms with van der Waals surface area (Å²) in [6.07, 6.45) is 2.92. The maximum Gasteiger partial charge on any atom is 0.413 e. The van der Waals surface area contributed by atoms with Gasteiger partial charge in [-0.05, 0) is 24.3 Å². The Morgan fingerprint density at radius 2 is 2.24 bits per heavy atom. The number of ether oxygens (including phenoxy) is 2. The second kappa shape index (κ2) is 9.79. The third-order valence-corrected chi connectivity index (χ3v) is 5.17. The minimum atomic E-state index is -1.02. The molecule has 0 bridgehead atoms. The van der Waals surface area contributed by atoms with Gasteiger partial charge in [0.25, 0.3) is 5.91 Å². The van der Waals surface area contributed by atoms with Crippen LogP contribution in [0.1, 0.15) is 12.1 Å². The molecule has 2 saturated heterocycles. The minimum Gasteiger partial charge on any atom is -0.425 e. The summed E-state index contributed by atoms with van der Waals surface area (Å²) in [5.41, 5.74) is 0.801. The number of carbonyl (C=O) groups excluding carboxylic acids is 3. The highest BCUT2D eigenvalue weighted by Gasteiger charge is 2.36. The maximum atomic E-state index is 14.5. The van der Waals surface area contributed by atoms with Crippen molar-refractivity contribution < 1.29 is 33.4 Å². The molecule has 4 rings (SSSR count). The number of likely N-dealkylation sites (tertiary alicyclic amines) is 1. The van der Waals surface area contributed by atoms with Crippen LogP contribution in [0.2, 0.25) is 0 Å². The number of nitrogens with one attached hydrogen (secondary N) is 2. The first-order valence-corrected chi connectivity index (χ1v) is 10.2. The first-order valence-electron chi connectivity index (χ1n) is 10.2. The van der Waals surface area contributed by atoms with Gasteiger partial charge >= 0.3 is 6.09 Å². The first kappa shape index (κ1) is 22.4. The van der Waals surface area contributed by atoms with Crippen LogP contribution in [0.5, 0.6) is 0 Å². The number of anilines is 2. The predicted molar refractivity (Wildman–Crippen MR) is 113 cm³/mol. The van der Waals surface area contributed by atoms with Crippen molar-refractivity contribution in [3.05, 3.63) is 48.3 Å². The second-order valence-corrected chi connectivity index (χ2v) is 7.47. The van der Waals surface area contributed by atoms with Crippen LogP contribution >= 0.6 is 0 Å². The summed E-state index contributed by atoms with van der Waals surface area (Å²) in [5, 5.41) is 12.2. The van der Waals surface area contributed by atoms with Crippen LogP contribution in [-0.4, -0.2) is 76.5 Å². The van der Waals surface area contributed by atoms with E-state index in [-0.39, 0.29) is 31.2 Å². The fraction of sp³-hybridized carbons (Fsp3) is 0.333. The van der Waals surface area contributed by atoms with Gasteiger partial charge in [0.05, 0.1) is 43.2 Å². The number of benzene rings is 1. The normalized spacial score (nSPS) is 21.0. The van der Waals surface area contributed by atoms with Gasteiger partial charge < -0.3 is 29.4 Å². The van der Waals surface area contributed by atoms with Gasteiger partial charge in [-0.1, -0.05) is 0 Å². The Balaban J connectivity index is 1.38. The monoisotopic (exact) mass is 459 g/mol. The van der Waals surface area contributed by atoms with Crippen LogP contribution in [-0.2, 0) is 19.1 Å². The summed E-state index contributed by atoms with van der Waals surface area (Å²) in [6.45, 7) is 0.559. The number of β-amino-alcohol motifs (C(OH)–C–C–N with tert-alkyl or cyclic N) is 1. The second-order valence-electron chi connectivity index (χ2n) is 7.47. The summed E-state index contributed by atoms with van der Waals surface area (Å²) in [6, 6.07) is 3.94. The Morgan fingerprint density at radius 1 is 1.39 bits per heavy atom. The van der Waals surface area contributed by atoms with Crippen LogP contribution in [0, 0.1) is 5.82 Å². The largest absolute Gasteiger partial charge is 0.425 e. The molecular formula is C21H22FN5O6. The van der Waals surface area contributed by atoms with E-state index in [2.05, 4.69) is 15.3 Å². The maximum absolute atomic E-state index is 14.5. The number of hydrogen-bond donors (Lipinski definition) is 3. The van der Waals surface area contributed by atoms with Crippen LogP contribution in [0.25, 0.3) is 6.08 Å². The van der Waals surface area contributed by atoms with E-state index < -0.39 is 30.1 Å². The highest BCUT2D eigenvalue weighted by atomic mass is 19.1. The molecule has 174 valence electrons. The van der Waals surface area contributed by atoms with E-state index in [4.69, 9.17) is 9.47 Å². The molecule has 3 heterocycles. The summed E-state index contributed by atoms with van der Waals surface area (Å²) < 4.78 is 24.9. The standard InChI is InChI=1S/C21H22FN5O6/c22-16-7-14(26-5-6-32-11-19(26)30)2-3-17(16)25-21(31)33-20-8-15(28)10-27(20)18(29)4-1-13-9-23-12-24-13/h1-4,7,9,12,15,20,28H,5-6,8,10-11H2,(H,23,24)(H,25,31)/b4-1+/t15-,20-/m1/s1. The van der Waals surface area contributed by atoms with Crippen molar-refractivity contribution in [2.45, 2.75) is 18.8 Å².